The van der Waals surface area contributed by atoms with Crippen molar-refractivity contribution in [1.82, 2.24) is 14.2 Å². The molecule has 1 aliphatic carbocycles. The Morgan fingerprint density at radius 3 is 2.49 bits per heavy atom. The van der Waals surface area contributed by atoms with Gasteiger partial charge in [-0.15, -0.1) is 0 Å². The molecule has 0 saturated heterocycles. The smallest absolute Gasteiger partial charge is 0.328 e. The van der Waals surface area contributed by atoms with Crippen molar-refractivity contribution >= 4 is 16.9 Å². The lowest BCUT2D eigenvalue weighted by Gasteiger charge is -2.40. The molecule has 1 N–H and O–H groups in total. The molecule has 0 aromatic carbocycles. The molecular weight excluding hydrogens is 490 g/mol. The lowest BCUT2D eigenvalue weighted by molar-refractivity contribution is 0.100. The highest BCUT2D eigenvalue weighted by Gasteiger charge is 2.35. The fourth-order valence-corrected chi connectivity index (χ4v) is 6.32. The van der Waals surface area contributed by atoms with Crippen LogP contribution >= 0.6 is 16.9 Å². The van der Waals surface area contributed by atoms with Crippen molar-refractivity contribution in [3.63, 3.8) is 0 Å². The molecule has 10 nitrogen and oxygen atoms in total. The van der Waals surface area contributed by atoms with Gasteiger partial charge < -0.3 is 18.1 Å². The van der Waals surface area contributed by atoms with Crippen LogP contribution in [0.25, 0.3) is 0 Å². The molecule has 1 heterocycles. The summed E-state index contributed by atoms with van der Waals surface area (Å²) in [5, 5.41) is 9.00. The van der Waals surface area contributed by atoms with E-state index in [4.69, 9.17) is 23.4 Å². The number of nitrogens with one attached hydrogen (secondary N) is 1. The molecule has 0 fully saturated rings. The molecule has 4 unspecified atom stereocenters. The summed E-state index contributed by atoms with van der Waals surface area (Å²) in [5.41, 5.74) is -0.910. The summed E-state index contributed by atoms with van der Waals surface area (Å²) in [6, 6.07) is 3.46. The highest BCUT2D eigenvalue weighted by atomic mass is 31.2. The molecule has 194 valence electrons. The number of aromatic nitrogens is 2. The Hall–Kier alpha value is -1.69. The first-order valence-electron chi connectivity index (χ1n) is 11.5. The maximum Gasteiger partial charge on any atom is 0.328 e. The van der Waals surface area contributed by atoms with Gasteiger partial charge in [0.2, 0.25) is 0 Å². The molecule has 1 aromatic rings. The van der Waals surface area contributed by atoms with Crippen molar-refractivity contribution < 1.29 is 18.1 Å². The van der Waals surface area contributed by atoms with Gasteiger partial charge in [0.05, 0.1) is 31.2 Å². The summed E-state index contributed by atoms with van der Waals surface area (Å²) in [7, 11) is 0.531. The zero-order chi connectivity index (χ0) is 26.0. The van der Waals surface area contributed by atoms with Crippen LogP contribution in [0.2, 0.25) is 0 Å². The summed E-state index contributed by atoms with van der Waals surface area (Å²) < 4.78 is 27.1. The fraction of sp³-hybridized carbons (Fsp3) is 0.609. The standard InChI is InChI=1S/C23H36N4O6P2/c1-17(2)27(18(3)4)35(32-14-7-12-24)33-21-16-20(26-13-10-22(28)25-23(26)29)9-8-19(21)11-15-34(30-5)31-6/h8-11,13,15,17-21H,7,14,16H2,1-6H3,(H,25,28,29)/b15-11+. The number of hydrogen-bond acceptors (Lipinski definition) is 8. The molecule has 0 amide bonds. The minimum atomic E-state index is -1.49. The Kier molecular flexibility index (Phi) is 12.5. The average Bonchev–Trinajstić information content (AvgIpc) is 2.80. The van der Waals surface area contributed by atoms with Crippen LogP contribution in [0.4, 0.5) is 0 Å². The van der Waals surface area contributed by atoms with Crippen molar-refractivity contribution in [3.05, 3.63) is 57.1 Å². The van der Waals surface area contributed by atoms with Crippen molar-refractivity contribution in [2.45, 2.75) is 64.8 Å². The molecule has 0 radical (unpaired) electrons. The van der Waals surface area contributed by atoms with Crippen molar-refractivity contribution in [2.75, 3.05) is 20.8 Å². The predicted molar refractivity (Wildman–Crippen MR) is 138 cm³/mol. The topological polar surface area (TPSA) is 119 Å². The molecule has 1 aliphatic rings. The first-order valence-corrected chi connectivity index (χ1v) is 13.9. The number of nitriles is 1. The van der Waals surface area contributed by atoms with Gasteiger partial charge in [-0.2, -0.15) is 5.26 Å². The van der Waals surface area contributed by atoms with Crippen molar-refractivity contribution in [3.8, 4) is 6.07 Å². The monoisotopic (exact) mass is 526 g/mol. The van der Waals surface area contributed by atoms with Crippen LogP contribution in [0.3, 0.4) is 0 Å². The first kappa shape index (κ1) is 29.5. The zero-order valence-electron chi connectivity index (χ0n) is 21.2. The predicted octanol–water partition coefficient (Wildman–Crippen LogP) is 4.43. The van der Waals surface area contributed by atoms with Crippen LogP contribution < -0.4 is 11.2 Å². The quantitative estimate of drug-likeness (QED) is 0.228. The summed E-state index contributed by atoms with van der Waals surface area (Å²) in [4.78, 5) is 26.3. The molecule has 0 saturated carbocycles. The van der Waals surface area contributed by atoms with Gasteiger partial charge in [-0.1, -0.05) is 18.2 Å². The number of hydrogen-bond donors (Lipinski definition) is 1. The van der Waals surface area contributed by atoms with Crippen LogP contribution in [-0.2, 0) is 18.1 Å². The van der Waals surface area contributed by atoms with Gasteiger partial charge in [0, 0.05) is 44.5 Å². The van der Waals surface area contributed by atoms with E-state index in [-0.39, 0.29) is 43.2 Å². The van der Waals surface area contributed by atoms with Gasteiger partial charge in [0.15, 0.2) is 8.38 Å². The highest BCUT2D eigenvalue weighted by Crippen LogP contribution is 2.50. The lowest BCUT2D eigenvalue weighted by atomic mass is 9.90. The van der Waals surface area contributed by atoms with Gasteiger partial charge in [-0.05, 0) is 39.9 Å². The SMILES string of the molecule is COP(/C=C/C1C=CC(n2ccc(=O)[nH]c2=O)CC1OP(OCCC#N)N(C(C)C)C(C)C)OC. The summed E-state index contributed by atoms with van der Waals surface area (Å²) >= 11 is 0. The second-order valence-corrected chi connectivity index (χ2v) is 11.5. The largest absolute Gasteiger partial charge is 0.334 e. The average molecular weight is 527 g/mol. The maximum absolute atomic E-state index is 12.4. The molecule has 2 rings (SSSR count). The van der Waals surface area contributed by atoms with E-state index in [9.17, 15) is 9.59 Å². The van der Waals surface area contributed by atoms with Crippen LogP contribution in [0, 0.1) is 17.2 Å². The fourth-order valence-electron chi connectivity index (χ4n) is 3.83. The highest BCUT2D eigenvalue weighted by molar-refractivity contribution is 7.50. The van der Waals surface area contributed by atoms with E-state index in [2.05, 4.69) is 43.4 Å². The second kappa shape index (κ2) is 14.8. The maximum atomic E-state index is 12.4. The van der Waals surface area contributed by atoms with Crippen molar-refractivity contribution in [2.24, 2.45) is 5.92 Å². The molecule has 0 spiro atoms. The van der Waals surface area contributed by atoms with Gasteiger partial charge in [-0.25, -0.2) is 9.46 Å². The Balaban J connectivity index is 2.40. The molecular formula is C23H36N4O6P2. The lowest BCUT2D eigenvalue weighted by Crippen LogP contribution is -2.38. The molecule has 35 heavy (non-hydrogen) atoms. The number of aromatic amines is 1. The number of allylic oxidation sites excluding steroid dienone is 1. The van der Waals surface area contributed by atoms with Gasteiger partial charge in [0.25, 0.3) is 14.1 Å². The summed E-state index contributed by atoms with van der Waals surface area (Å²) in [6.45, 7) is 8.59. The van der Waals surface area contributed by atoms with E-state index >= 15 is 0 Å². The van der Waals surface area contributed by atoms with E-state index in [1.165, 1.54) is 16.8 Å². The second-order valence-electron chi connectivity index (χ2n) is 8.47. The molecule has 12 heteroatoms. The van der Waals surface area contributed by atoms with Crippen LogP contribution in [-0.4, -0.2) is 53.2 Å². The minimum absolute atomic E-state index is 0.120. The van der Waals surface area contributed by atoms with E-state index in [0.29, 0.717) is 6.42 Å². The summed E-state index contributed by atoms with van der Waals surface area (Å²) in [5.74, 6) is 1.76. The molecule has 0 aliphatic heterocycles. The molecule has 4 atom stereocenters. The minimum Gasteiger partial charge on any atom is -0.334 e. The zero-order valence-corrected chi connectivity index (χ0v) is 22.9. The molecule has 0 bridgehead atoms. The van der Waals surface area contributed by atoms with E-state index in [1.807, 2.05) is 24.0 Å². The van der Waals surface area contributed by atoms with E-state index < -0.39 is 28.2 Å². The first-order chi connectivity index (χ1) is 16.7. The third kappa shape index (κ3) is 8.73. The van der Waals surface area contributed by atoms with Crippen LogP contribution in [0.15, 0.2) is 45.9 Å². The normalized spacial score (nSPS) is 21.5. The number of rotatable bonds is 13. The third-order valence-corrected chi connectivity index (χ3v) is 8.64. The van der Waals surface area contributed by atoms with E-state index in [1.54, 1.807) is 14.2 Å². The Morgan fingerprint density at radius 1 is 1.23 bits per heavy atom. The van der Waals surface area contributed by atoms with Crippen LogP contribution in [0.5, 0.6) is 0 Å². The third-order valence-electron chi connectivity index (χ3n) is 5.34. The Morgan fingerprint density at radius 2 is 1.91 bits per heavy atom. The Bertz CT molecular complexity index is 991. The van der Waals surface area contributed by atoms with Gasteiger partial charge in [0.1, 0.15) is 0 Å². The molecule has 1 aromatic heterocycles. The van der Waals surface area contributed by atoms with Gasteiger partial charge in [-0.3, -0.25) is 14.3 Å². The van der Waals surface area contributed by atoms with Gasteiger partial charge >= 0.3 is 5.69 Å². The van der Waals surface area contributed by atoms with Crippen molar-refractivity contribution in [1.29, 1.82) is 5.26 Å². The Labute approximate surface area is 209 Å². The van der Waals surface area contributed by atoms with E-state index in [0.717, 1.165) is 0 Å². The summed E-state index contributed by atoms with van der Waals surface area (Å²) in [6.07, 6.45) is 7.84. The van der Waals surface area contributed by atoms with Crippen LogP contribution in [0.1, 0.15) is 46.6 Å². The number of H-pyrrole nitrogens is 1. The number of nitrogens with zero attached hydrogens (tertiary/aromatic N) is 3.